The van der Waals surface area contributed by atoms with Crippen molar-refractivity contribution in [3.8, 4) is 11.1 Å². The maximum Gasteiger partial charge on any atom is -1.00 e. The molecule has 0 fully saturated rings. The first-order valence-electron chi connectivity index (χ1n) is 22.1. The molecular weight excluding hydrogens is 937 g/mol. The number of allylic oxidation sites excluding steroid dienone is 4. The zero-order valence-electron chi connectivity index (χ0n) is 40.5. The summed E-state index contributed by atoms with van der Waals surface area (Å²) in [6.45, 7) is 35.9. The molecule has 2 aliphatic carbocycles. The van der Waals surface area contributed by atoms with Crippen LogP contribution in [0.1, 0.15) is 176 Å². The number of benzene rings is 4. The van der Waals surface area contributed by atoms with Crippen LogP contribution in [0.4, 0.5) is 26.3 Å². The van der Waals surface area contributed by atoms with E-state index in [-0.39, 0.29) is 61.4 Å². The molecule has 0 saturated heterocycles. The summed E-state index contributed by atoms with van der Waals surface area (Å²) < 4.78 is 87.4. The molecule has 9 heteroatoms. The summed E-state index contributed by atoms with van der Waals surface area (Å²) in [4.78, 5) is 0. The summed E-state index contributed by atoms with van der Waals surface area (Å²) in [5.41, 5.74) is 9.83. The average molecular weight is 1000 g/mol. The van der Waals surface area contributed by atoms with Crippen molar-refractivity contribution in [2.45, 2.75) is 155 Å². The largest absolute Gasteiger partial charge is 1.00 e. The molecule has 4 aromatic rings. The minimum Gasteiger partial charge on any atom is -1.00 e. The predicted octanol–water partition coefficient (Wildman–Crippen LogP) is 10.8. The smallest absolute Gasteiger partial charge is 1.00 e. The first-order valence-corrected chi connectivity index (χ1v) is 25.9. The van der Waals surface area contributed by atoms with Gasteiger partial charge in [-0.2, -0.15) is 0 Å². The predicted molar refractivity (Wildman–Crippen MR) is 244 cm³/mol. The fourth-order valence-electron chi connectivity index (χ4n) is 9.43. The van der Waals surface area contributed by atoms with E-state index in [9.17, 15) is 26.3 Å². The Morgan fingerprint density at radius 1 is 0.484 bits per heavy atom. The van der Waals surface area contributed by atoms with Gasteiger partial charge in [0.2, 0.25) is 0 Å². The fourth-order valence-corrected chi connectivity index (χ4v) is 19.2. The molecule has 2 aliphatic rings. The first-order chi connectivity index (χ1) is 28.1. The van der Waals surface area contributed by atoms with Crippen molar-refractivity contribution in [3.05, 3.63) is 149 Å². The van der Waals surface area contributed by atoms with Crippen molar-refractivity contribution in [2.24, 2.45) is 11.3 Å². The second-order valence-corrected chi connectivity index (χ2v) is 28.9. The molecule has 0 N–H and O–H groups in total. The van der Waals surface area contributed by atoms with Crippen LogP contribution >= 0.6 is 0 Å². The van der Waals surface area contributed by atoms with Gasteiger partial charge < -0.3 is 24.8 Å². The minimum absolute atomic E-state index is 0. The van der Waals surface area contributed by atoms with Crippen LogP contribution in [0.5, 0.6) is 0 Å². The van der Waals surface area contributed by atoms with Crippen LogP contribution in [0.3, 0.4) is 0 Å². The standard InChI is InChI=1S/C29H41.C15H8F6.C11H17.2ClH.Zr/c1-26(2,3)22-14-18-13-19-15-23(27(4,5)6)25(29(10,11)12)17-21(19)20(18)16-24(22)28(7,8)9;16-14(17,18)12-5-1-10(2-6-12)9-11-3-7-13(8-4-11)15(19,20)21;1-5-9-6-7-10(8-9)11(2,3)4;;;/h13-17H,1-12H3;1-8H;7-9H,5H2,1-4H3;2*1H;/q;;;;;+2/p-2. The van der Waals surface area contributed by atoms with Gasteiger partial charge in [0.1, 0.15) is 0 Å². The SMILES string of the molecule is CCC1C=C(C(C)(C)C)C=[C]1[Zr+2](=[C](c1ccc(C(F)(F)F)cc1)c1ccc(C(F)(F)F)cc1)[CH]1c2cc(C(C)(C)C)c(C(C)(C)C)cc2-c2cc(C(C)(C)C)c(C(C)(C)C)cc21.[Cl-].[Cl-]. The van der Waals surface area contributed by atoms with Crippen molar-refractivity contribution >= 4 is 3.21 Å². The van der Waals surface area contributed by atoms with Crippen molar-refractivity contribution in [1.82, 2.24) is 0 Å². The van der Waals surface area contributed by atoms with E-state index < -0.39 is 44.7 Å². The third-order valence-electron chi connectivity index (χ3n) is 12.8. The molecule has 0 heterocycles. The Morgan fingerprint density at radius 3 is 1.09 bits per heavy atom. The number of hydrogen-bond donors (Lipinski definition) is 0. The molecule has 64 heavy (non-hydrogen) atoms. The van der Waals surface area contributed by atoms with E-state index in [1.54, 1.807) is 24.3 Å². The van der Waals surface area contributed by atoms with Gasteiger partial charge in [0.05, 0.1) is 0 Å². The van der Waals surface area contributed by atoms with Crippen LogP contribution in [0.25, 0.3) is 11.1 Å². The Bertz CT molecular complexity index is 2320. The average Bonchev–Trinajstić information content (AvgIpc) is 3.70. The van der Waals surface area contributed by atoms with E-state index >= 15 is 0 Å². The Labute approximate surface area is 399 Å². The molecule has 0 bridgehead atoms. The Balaban J connectivity index is 0.00000449. The van der Waals surface area contributed by atoms with Gasteiger partial charge in [-0.05, 0) is 0 Å². The summed E-state index contributed by atoms with van der Waals surface area (Å²) >= 11 is -3.74. The molecular formula is C55H66Cl2F6Zr. The molecule has 4 aromatic carbocycles. The molecule has 6 rings (SSSR count). The molecule has 1 unspecified atom stereocenters. The van der Waals surface area contributed by atoms with E-state index in [1.165, 1.54) is 53.4 Å². The van der Waals surface area contributed by atoms with Gasteiger partial charge in [0.25, 0.3) is 0 Å². The number of fused-ring (bicyclic) bond motifs is 3. The summed E-state index contributed by atoms with van der Waals surface area (Å²) in [6.07, 6.45) is -3.50. The molecule has 0 nitrogen and oxygen atoms in total. The van der Waals surface area contributed by atoms with Gasteiger partial charge in [-0.15, -0.1) is 0 Å². The van der Waals surface area contributed by atoms with Gasteiger partial charge in [0, 0.05) is 0 Å². The van der Waals surface area contributed by atoms with Crippen LogP contribution in [0.2, 0.25) is 0 Å². The second kappa shape index (κ2) is 18.1. The van der Waals surface area contributed by atoms with E-state index in [2.05, 4.69) is 147 Å². The molecule has 1 atom stereocenters. The third-order valence-corrected chi connectivity index (χ3v) is 21.3. The number of hydrogen-bond acceptors (Lipinski definition) is 0. The Morgan fingerprint density at radius 2 is 0.812 bits per heavy atom. The molecule has 0 aliphatic heterocycles. The molecule has 0 aromatic heterocycles. The quantitative estimate of drug-likeness (QED) is 0.175. The van der Waals surface area contributed by atoms with Crippen LogP contribution < -0.4 is 24.8 Å². The van der Waals surface area contributed by atoms with E-state index in [0.717, 1.165) is 33.9 Å². The summed E-state index contributed by atoms with van der Waals surface area (Å²) in [5, 5.41) is 0. The monoisotopic (exact) mass is 1000 g/mol. The third kappa shape index (κ3) is 10.7. The molecule has 0 spiro atoms. The van der Waals surface area contributed by atoms with Crippen molar-refractivity contribution in [2.75, 3.05) is 0 Å². The Kier molecular flexibility index (Phi) is 15.2. The molecule has 0 saturated carbocycles. The number of rotatable bonds is 5. The number of alkyl halides is 6. The van der Waals surface area contributed by atoms with Crippen LogP contribution in [-0.4, -0.2) is 3.21 Å². The number of halogens is 8. The zero-order valence-corrected chi connectivity index (χ0v) is 44.4. The Hall–Kier alpha value is -2.73. The maximum atomic E-state index is 14.2. The maximum absolute atomic E-state index is 14.2. The topological polar surface area (TPSA) is 0 Å². The zero-order chi connectivity index (χ0) is 46.5. The van der Waals surface area contributed by atoms with Gasteiger partial charge >= 0.3 is 378 Å². The van der Waals surface area contributed by atoms with Crippen LogP contribution in [-0.2, 0) is 55.3 Å². The van der Waals surface area contributed by atoms with E-state index in [0.29, 0.717) is 11.1 Å². The first kappa shape index (κ1) is 53.9. The van der Waals surface area contributed by atoms with Crippen LogP contribution in [0, 0.1) is 11.3 Å². The van der Waals surface area contributed by atoms with Crippen molar-refractivity contribution < 1.29 is 72.4 Å². The van der Waals surface area contributed by atoms with Gasteiger partial charge in [-0.3, -0.25) is 0 Å². The minimum atomic E-state index is -4.55. The summed E-state index contributed by atoms with van der Waals surface area (Å²) in [6, 6.07) is 20.5. The molecule has 346 valence electrons. The normalized spacial score (nSPS) is 15.9. The van der Waals surface area contributed by atoms with E-state index in [1.807, 2.05) is 0 Å². The molecule has 0 radical (unpaired) electrons. The van der Waals surface area contributed by atoms with Gasteiger partial charge in [0.15, 0.2) is 0 Å². The van der Waals surface area contributed by atoms with Gasteiger partial charge in [-0.1, -0.05) is 0 Å². The van der Waals surface area contributed by atoms with E-state index in [4.69, 9.17) is 0 Å². The van der Waals surface area contributed by atoms with Crippen LogP contribution in [0.15, 0.2) is 93.8 Å². The van der Waals surface area contributed by atoms with Crippen molar-refractivity contribution in [3.63, 3.8) is 0 Å². The fraction of sp³-hybridized carbons (Fsp3) is 0.473. The summed E-state index contributed by atoms with van der Waals surface area (Å²) in [5.74, 6) is 0.0666. The summed E-state index contributed by atoms with van der Waals surface area (Å²) in [7, 11) is 0. The second-order valence-electron chi connectivity index (χ2n) is 22.8. The van der Waals surface area contributed by atoms with Crippen molar-refractivity contribution in [1.29, 1.82) is 0 Å². The molecule has 0 amide bonds. The van der Waals surface area contributed by atoms with Gasteiger partial charge in [-0.25, -0.2) is 0 Å².